The molecule has 2 N–H and O–H groups in total. The molecule has 0 aliphatic carbocycles. The molecular formula is C18H29N2O5+. The molecular weight excluding hydrogens is 324 g/mol. The molecule has 0 radical (unpaired) electrons. The molecule has 0 spiro atoms. The molecule has 140 valence electrons. The van der Waals surface area contributed by atoms with E-state index in [2.05, 4.69) is 5.32 Å². The lowest BCUT2D eigenvalue weighted by atomic mass is 10.1. The van der Waals surface area contributed by atoms with E-state index in [1.165, 1.54) is 0 Å². The van der Waals surface area contributed by atoms with Crippen LogP contribution in [0, 0.1) is 0 Å². The number of methoxy groups -OCH3 is 3. The van der Waals surface area contributed by atoms with Crippen molar-refractivity contribution in [2.45, 2.75) is 12.8 Å². The van der Waals surface area contributed by atoms with Gasteiger partial charge >= 0.3 is 0 Å². The Kier molecular flexibility index (Phi) is 7.81. The Balaban J connectivity index is 1.81. The van der Waals surface area contributed by atoms with Gasteiger partial charge in [-0.2, -0.15) is 0 Å². The molecule has 1 fully saturated rings. The molecule has 7 nitrogen and oxygen atoms in total. The monoisotopic (exact) mass is 353 g/mol. The highest BCUT2D eigenvalue weighted by Gasteiger charge is 2.15. The highest BCUT2D eigenvalue weighted by molar-refractivity contribution is 5.79. The quantitative estimate of drug-likeness (QED) is 0.596. The smallest absolute Gasteiger partial charge is 0.224 e. The molecule has 2 rings (SSSR count). The molecule has 25 heavy (non-hydrogen) atoms. The number of ether oxygens (including phenoxy) is 4. The molecule has 1 saturated heterocycles. The van der Waals surface area contributed by atoms with Gasteiger partial charge in [-0.05, 0) is 17.7 Å². The SMILES string of the molecule is COc1cc(CC(=O)NCCC[NH+]2CCOCC2)cc(OC)c1OC. The molecule has 7 heteroatoms. The van der Waals surface area contributed by atoms with Gasteiger partial charge in [-0.15, -0.1) is 0 Å². The van der Waals surface area contributed by atoms with Crippen LogP contribution in [0.2, 0.25) is 0 Å². The predicted molar refractivity (Wildman–Crippen MR) is 93.8 cm³/mol. The van der Waals surface area contributed by atoms with Gasteiger partial charge in [-0.25, -0.2) is 0 Å². The number of nitrogens with one attached hydrogen (secondary N) is 2. The molecule has 0 aromatic heterocycles. The van der Waals surface area contributed by atoms with Crippen LogP contribution < -0.4 is 24.4 Å². The average molecular weight is 353 g/mol. The summed E-state index contributed by atoms with van der Waals surface area (Å²) >= 11 is 0. The Hall–Kier alpha value is -1.99. The Morgan fingerprint density at radius 3 is 2.32 bits per heavy atom. The van der Waals surface area contributed by atoms with Crippen molar-refractivity contribution in [3.8, 4) is 17.2 Å². The standard InChI is InChI=1S/C18H28N2O5/c1-22-15-11-14(12-16(23-2)18(15)24-3)13-17(21)19-5-4-6-20-7-9-25-10-8-20/h11-12H,4-10,13H2,1-3H3,(H,19,21)/p+1. The lowest BCUT2D eigenvalue weighted by Crippen LogP contribution is -3.14. The summed E-state index contributed by atoms with van der Waals surface area (Å²) in [6, 6.07) is 3.61. The van der Waals surface area contributed by atoms with Gasteiger partial charge in [0.25, 0.3) is 0 Å². The lowest BCUT2D eigenvalue weighted by molar-refractivity contribution is -0.908. The van der Waals surface area contributed by atoms with Crippen molar-refractivity contribution in [3.05, 3.63) is 17.7 Å². The van der Waals surface area contributed by atoms with E-state index in [0.717, 1.165) is 44.8 Å². The summed E-state index contributed by atoms with van der Waals surface area (Å²) in [7, 11) is 4.69. The van der Waals surface area contributed by atoms with Gasteiger partial charge in [0, 0.05) is 13.0 Å². The highest BCUT2D eigenvalue weighted by atomic mass is 16.5. The van der Waals surface area contributed by atoms with Crippen LogP contribution in [0.4, 0.5) is 0 Å². The number of carbonyl (C=O) groups is 1. The van der Waals surface area contributed by atoms with E-state index in [1.807, 2.05) is 0 Å². The van der Waals surface area contributed by atoms with Crippen molar-refractivity contribution in [2.75, 3.05) is 60.7 Å². The molecule has 1 aromatic carbocycles. The van der Waals surface area contributed by atoms with Crippen molar-refractivity contribution < 1.29 is 28.6 Å². The summed E-state index contributed by atoms with van der Waals surface area (Å²) in [5.41, 5.74) is 0.825. The molecule has 1 aromatic rings. The predicted octanol–water partition coefficient (Wildman–Crippen LogP) is -0.324. The fraction of sp³-hybridized carbons (Fsp3) is 0.611. The largest absolute Gasteiger partial charge is 0.493 e. The fourth-order valence-corrected chi connectivity index (χ4v) is 2.96. The number of morpholine rings is 1. The van der Waals surface area contributed by atoms with E-state index >= 15 is 0 Å². The van der Waals surface area contributed by atoms with E-state index in [-0.39, 0.29) is 12.3 Å². The van der Waals surface area contributed by atoms with Crippen molar-refractivity contribution >= 4 is 5.91 Å². The third-order valence-electron chi connectivity index (χ3n) is 4.32. The summed E-state index contributed by atoms with van der Waals surface area (Å²) in [6.45, 7) is 5.53. The molecule has 0 saturated carbocycles. The molecule has 0 atom stereocenters. The number of benzene rings is 1. The first-order valence-electron chi connectivity index (χ1n) is 8.64. The summed E-state index contributed by atoms with van der Waals surface area (Å²) in [4.78, 5) is 13.7. The lowest BCUT2D eigenvalue weighted by Gasteiger charge is -2.23. The van der Waals surface area contributed by atoms with Crippen LogP contribution in [0.1, 0.15) is 12.0 Å². The summed E-state index contributed by atoms with van der Waals surface area (Å²) in [6.07, 6.45) is 1.25. The van der Waals surface area contributed by atoms with Gasteiger partial charge in [-0.3, -0.25) is 4.79 Å². The zero-order valence-corrected chi connectivity index (χ0v) is 15.4. The number of carbonyl (C=O) groups excluding carboxylic acids is 1. The maximum atomic E-state index is 12.2. The highest BCUT2D eigenvalue weighted by Crippen LogP contribution is 2.38. The summed E-state index contributed by atoms with van der Waals surface area (Å²) in [5.74, 6) is 1.63. The van der Waals surface area contributed by atoms with Gasteiger partial charge in [-0.1, -0.05) is 0 Å². The first-order chi connectivity index (χ1) is 12.2. The van der Waals surface area contributed by atoms with Gasteiger partial charge in [0.2, 0.25) is 11.7 Å². The van der Waals surface area contributed by atoms with Gasteiger partial charge in [0.05, 0.1) is 47.5 Å². The molecule has 1 amide bonds. The maximum Gasteiger partial charge on any atom is 0.224 e. The topological polar surface area (TPSA) is 70.5 Å². The van der Waals surface area contributed by atoms with Crippen molar-refractivity contribution in [2.24, 2.45) is 0 Å². The second-order valence-electron chi connectivity index (χ2n) is 6.03. The zero-order chi connectivity index (χ0) is 18.1. The van der Waals surface area contributed by atoms with Crippen LogP contribution in [0.3, 0.4) is 0 Å². The van der Waals surface area contributed by atoms with E-state index < -0.39 is 0 Å². The third-order valence-corrected chi connectivity index (χ3v) is 4.32. The molecule has 1 aliphatic rings. The molecule has 1 aliphatic heterocycles. The first-order valence-corrected chi connectivity index (χ1v) is 8.64. The van der Waals surface area contributed by atoms with Crippen molar-refractivity contribution in [1.82, 2.24) is 5.32 Å². The van der Waals surface area contributed by atoms with Crippen LogP contribution in [-0.4, -0.2) is 66.6 Å². The number of hydrogen-bond donors (Lipinski definition) is 2. The molecule has 0 unspecified atom stereocenters. The van der Waals surface area contributed by atoms with Crippen LogP contribution >= 0.6 is 0 Å². The summed E-state index contributed by atoms with van der Waals surface area (Å²) in [5, 5.41) is 2.98. The first kappa shape index (κ1) is 19.3. The van der Waals surface area contributed by atoms with Gasteiger partial charge in [0.15, 0.2) is 11.5 Å². The Labute approximate surface area is 149 Å². The minimum Gasteiger partial charge on any atom is -0.493 e. The van der Waals surface area contributed by atoms with E-state index in [9.17, 15) is 4.79 Å². The van der Waals surface area contributed by atoms with E-state index in [1.54, 1.807) is 38.4 Å². The number of hydrogen-bond acceptors (Lipinski definition) is 5. The normalized spacial score (nSPS) is 14.8. The van der Waals surface area contributed by atoms with Gasteiger partial charge < -0.3 is 29.2 Å². The van der Waals surface area contributed by atoms with E-state index in [4.69, 9.17) is 18.9 Å². The average Bonchev–Trinajstić information content (AvgIpc) is 2.65. The Bertz CT molecular complexity index is 533. The second kappa shape index (κ2) is 10.1. The maximum absolute atomic E-state index is 12.2. The molecule has 1 heterocycles. The Morgan fingerprint density at radius 1 is 1.12 bits per heavy atom. The minimum atomic E-state index is -0.00810. The van der Waals surface area contributed by atoms with E-state index in [0.29, 0.717) is 23.8 Å². The summed E-state index contributed by atoms with van der Waals surface area (Å²) < 4.78 is 21.3. The second-order valence-corrected chi connectivity index (χ2v) is 6.03. The van der Waals surface area contributed by atoms with Crippen LogP contribution in [0.15, 0.2) is 12.1 Å². The minimum absolute atomic E-state index is 0.00810. The number of amides is 1. The van der Waals surface area contributed by atoms with Crippen molar-refractivity contribution in [3.63, 3.8) is 0 Å². The van der Waals surface area contributed by atoms with Crippen LogP contribution in [0.5, 0.6) is 17.2 Å². The number of rotatable bonds is 9. The van der Waals surface area contributed by atoms with Crippen molar-refractivity contribution in [1.29, 1.82) is 0 Å². The fourth-order valence-electron chi connectivity index (χ4n) is 2.96. The molecule has 0 bridgehead atoms. The zero-order valence-electron chi connectivity index (χ0n) is 15.4. The van der Waals surface area contributed by atoms with Crippen LogP contribution in [0.25, 0.3) is 0 Å². The van der Waals surface area contributed by atoms with Crippen LogP contribution in [-0.2, 0) is 16.0 Å². The van der Waals surface area contributed by atoms with Gasteiger partial charge in [0.1, 0.15) is 13.1 Å². The number of quaternary nitrogens is 1. The third kappa shape index (κ3) is 5.79. The Morgan fingerprint density at radius 2 is 1.76 bits per heavy atom.